The Hall–Kier alpha value is -1.67. The zero-order valence-corrected chi connectivity index (χ0v) is 15.8. The molecule has 0 spiro atoms. The Morgan fingerprint density at radius 1 is 1.26 bits per heavy atom. The number of alkyl halides is 3. The van der Waals surface area contributed by atoms with Crippen molar-refractivity contribution in [2.75, 3.05) is 13.1 Å². The normalized spacial score (nSPS) is 27.1. The summed E-state index contributed by atoms with van der Waals surface area (Å²) >= 11 is 0.696. The highest BCUT2D eigenvalue weighted by Crippen LogP contribution is 2.42. The molecule has 3 aliphatic rings. The van der Waals surface area contributed by atoms with Crippen molar-refractivity contribution in [1.82, 2.24) is 10.2 Å². The highest BCUT2D eigenvalue weighted by atomic mass is 32.1. The van der Waals surface area contributed by atoms with Crippen molar-refractivity contribution in [2.45, 2.75) is 44.4 Å². The third kappa shape index (κ3) is 3.02. The summed E-state index contributed by atoms with van der Waals surface area (Å²) < 4.78 is 53.2. The minimum Gasteiger partial charge on any atom is -0.346 e. The van der Waals surface area contributed by atoms with E-state index in [0.29, 0.717) is 17.3 Å². The molecule has 2 aromatic rings. The monoisotopic (exact) mass is 400 g/mol. The van der Waals surface area contributed by atoms with Gasteiger partial charge in [-0.15, -0.1) is 11.3 Å². The first-order valence-corrected chi connectivity index (χ1v) is 9.76. The van der Waals surface area contributed by atoms with Gasteiger partial charge in [0.15, 0.2) is 0 Å². The summed E-state index contributed by atoms with van der Waals surface area (Å²) in [6.45, 7) is 6.18. The summed E-state index contributed by atoms with van der Waals surface area (Å²) in [4.78, 5) is 15.3. The second-order valence-corrected chi connectivity index (χ2v) is 8.93. The van der Waals surface area contributed by atoms with Crippen molar-refractivity contribution in [3.05, 3.63) is 34.5 Å². The van der Waals surface area contributed by atoms with Gasteiger partial charge in [0.25, 0.3) is 5.91 Å². The quantitative estimate of drug-likeness (QED) is 0.744. The fourth-order valence-electron chi connectivity index (χ4n) is 4.54. The van der Waals surface area contributed by atoms with Crippen LogP contribution in [0.25, 0.3) is 10.1 Å². The van der Waals surface area contributed by atoms with E-state index in [-0.39, 0.29) is 26.5 Å². The van der Waals surface area contributed by atoms with Crippen molar-refractivity contribution in [2.24, 2.45) is 5.92 Å². The number of benzene rings is 1. The van der Waals surface area contributed by atoms with E-state index >= 15 is 0 Å². The number of carbonyl (C=O) groups is 1. The van der Waals surface area contributed by atoms with Crippen molar-refractivity contribution in [1.29, 1.82) is 0 Å². The van der Waals surface area contributed by atoms with E-state index in [1.807, 2.05) is 0 Å². The predicted molar refractivity (Wildman–Crippen MR) is 96.4 cm³/mol. The fourth-order valence-corrected chi connectivity index (χ4v) is 5.66. The standard InChI is InChI=1S/C19H20F4N2OS/c1-18(2)16(10-5-7-25(18)8-6-10)24-17(26)13-9-11-3-4-12(20)14(15(11)27-13)19(21,22)23/h3-4,9-10,16H,5-8H2,1-2H3,(H,24,26)/t16-/m0/s1. The molecule has 0 saturated carbocycles. The molecule has 1 amide bonds. The van der Waals surface area contributed by atoms with Gasteiger partial charge in [-0.2, -0.15) is 13.2 Å². The molecule has 146 valence electrons. The average Bonchev–Trinajstić information content (AvgIpc) is 3.01. The summed E-state index contributed by atoms with van der Waals surface area (Å²) in [7, 11) is 0. The van der Waals surface area contributed by atoms with Crippen LogP contribution in [-0.2, 0) is 6.18 Å². The summed E-state index contributed by atoms with van der Waals surface area (Å²) in [5.74, 6) is -1.34. The topological polar surface area (TPSA) is 32.3 Å². The lowest BCUT2D eigenvalue weighted by Crippen LogP contribution is -2.69. The highest BCUT2D eigenvalue weighted by Gasteiger charge is 2.48. The molecule has 4 heterocycles. The molecule has 8 heteroatoms. The number of thiophene rings is 1. The van der Waals surface area contributed by atoms with Crippen LogP contribution < -0.4 is 5.32 Å². The maximum absolute atomic E-state index is 13.8. The van der Waals surface area contributed by atoms with Crippen LogP contribution in [0.15, 0.2) is 18.2 Å². The van der Waals surface area contributed by atoms with E-state index in [0.717, 1.165) is 32.0 Å². The lowest BCUT2D eigenvalue weighted by Gasteiger charge is -2.56. The summed E-state index contributed by atoms with van der Waals surface area (Å²) in [5, 5.41) is 3.27. The minimum absolute atomic E-state index is 0.0588. The summed E-state index contributed by atoms with van der Waals surface area (Å²) in [5.41, 5.74) is -1.50. The van der Waals surface area contributed by atoms with Crippen molar-refractivity contribution >= 4 is 27.3 Å². The average molecular weight is 400 g/mol. The van der Waals surface area contributed by atoms with Gasteiger partial charge < -0.3 is 5.32 Å². The number of halogens is 4. The van der Waals surface area contributed by atoms with Crippen LogP contribution in [0, 0.1) is 11.7 Å². The van der Waals surface area contributed by atoms with Gasteiger partial charge in [0.2, 0.25) is 0 Å². The third-order valence-electron chi connectivity index (χ3n) is 6.02. The fraction of sp³-hybridized carbons (Fsp3) is 0.526. The Balaban J connectivity index is 1.66. The number of rotatable bonds is 2. The number of carbonyl (C=O) groups excluding carboxylic acids is 1. The largest absolute Gasteiger partial charge is 0.420 e. The van der Waals surface area contributed by atoms with E-state index in [9.17, 15) is 22.4 Å². The molecule has 3 saturated heterocycles. The number of hydrogen-bond acceptors (Lipinski definition) is 3. The van der Waals surface area contributed by atoms with E-state index in [1.54, 1.807) is 0 Å². The van der Waals surface area contributed by atoms with Gasteiger partial charge in [-0.3, -0.25) is 9.69 Å². The second kappa shape index (κ2) is 6.17. The van der Waals surface area contributed by atoms with Crippen LogP contribution in [0.4, 0.5) is 17.6 Å². The van der Waals surface area contributed by atoms with Gasteiger partial charge in [0.05, 0.1) is 9.58 Å². The second-order valence-electron chi connectivity index (χ2n) is 7.88. The van der Waals surface area contributed by atoms with Crippen LogP contribution in [0.5, 0.6) is 0 Å². The van der Waals surface area contributed by atoms with Gasteiger partial charge in [-0.25, -0.2) is 4.39 Å². The maximum Gasteiger partial charge on any atom is 0.420 e. The highest BCUT2D eigenvalue weighted by molar-refractivity contribution is 7.21. The van der Waals surface area contributed by atoms with Gasteiger partial charge in [0.1, 0.15) is 11.4 Å². The Labute approximate surface area is 158 Å². The van der Waals surface area contributed by atoms with Crippen molar-refractivity contribution in [3.63, 3.8) is 0 Å². The predicted octanol–water partition coefficient (Wildman–Crippen LogP) is 4.66. The zero-order chi connectivity index (χ0) is 19.6. The number of fused-ring (bicyclic) bond motifs is 4. The zero-order valence-electron chi connectivity index (χ0n) is 15.0. The van der Waals surface area contributed by atoms with Crippen LogP contribution in [0.3, 0.4) is 0 Å². The van der Waals surface area contributed by atoms with Gasteiger partial charge in [0, 0.05) is 11.6 Å². The smallest absolute Gasteiger partial charge is 0.346 e. The Kier molecular flexibility index (Phi) is 4.27. The molecule has 5 rings (SSSR count). The van der Waals surface area contributed by atoms with E-state index in [2.05, 4.69) is 24.1 Å². The molecule has 0 unspecified atom stereocenters. The van der Waals surface area contributed by atoms with Crippen molar-refractivity contribution in [3.8, 4) is 0 Å². The third-order valence-corrected chi connectivity index (χ3v) is 7.18. The Morgan fingerprint density at radius 2 is 1.93 bits per heavy atom. The van der Waals surface area contributed by atoms with E-state index in [1.165, 1.54) is 12.1 Å². The molecule has 0 aliphatic carbocycles. The van der Waals surface area contributed by atoms with Crippen LogP contribution in [0.1, 0.15) is 41.9 Å². The molecule has 2 bridgehead atoms. The molecule has 1 atom stereocenters. The lowest BCUT2D eigenvalue weighted by molar-refractivity contribution is -0.138. The SMILES string of the molecule is CC1(C)[C@@H](NC(=O)c2cc3ccc(F)c(C(F)(F)F)c3s2)C2CCN1CC2. The number of amides is 1. The van der Waals surface area contributed by atoms with E-state index in [4.69, 9.17) is 0 Å². The minimum atomic E-state index is -4.81. The van der Waals surface area contributed by atoms with Crippen molar-refractivity contribution < 1.29 is 22.4 Å². The molecular weight excluding hydrogens is 380 g/mol. The summed E-state index contributed by atoms with van der Waals surface area (Å²) in [6.07, 6.45) is -2.80. The van der Waals surface area contributed by atoms with Gasteiger partial charge in [-0.05, 0) is 63.2 Å². The van der Waals surface area contributed by atoms with Gasteiger partial charge in [-0.1, -0.05) is 6.07 Å². The first-order valence-electron chi connectivity index (χ1n) is 8.94. The van der Waals surface area contributed by atoms with Gasteiger partial charge >= 0.3 is 6.18 Å². The molecule has 3 fully saturated rings. The first kappa shape index (κ1) is 18.7. The number of nitrogens with one attached hydrogen (secondary N) is 1. The van der Waals surface area contributed by atoms with Crippen LogP contribution in [-0.4, -0.2) is 35.5 Å². The molecule has 3 nitrogen and oxygen atoms in total. The number of nitrogens with zero attached hydrogens (tertiary/aromatic N) is 1. The maximum atomic E-state index is 13.8. The lowest BCUT2D eigenvalue weighted by atomic mass is 9.72. The van der Waals surface area contributed by atoms with E-state index < -0.39 is 23.5 Å². The van der Waals surface area contributed by atoms with Crippen LogP contribution >= 0.6 is 11.3 Å². The van der Waals surface area contributed by atoms with Crippen LogP contribution in [0.2, 0.25) is 0 Å². The molecular formula is C19H20F4N2OS. The molecule has 27 heavy (non-hydrogen) atoms. The summed E-state index contributed by atoms with van der Waals surface area (Å²) in [6, 6.07) is 3.44. The Bertz CT molecular complexity index is 897. The first-order chi connectivity index (χ1) is 12.6. The molecule has 1 N–H and O–H groups in total. The molecule has 1 aromatic carbocycles. The molecule has 1 aromatic heterocycles. The number of piperidine rings is 3. The molecule has 3 aliphatic heterocycles. The molecule has 0 radical (unpaired) electrons. The number of hydrogen-bond donors (Lipinski definition) is 1. The Morgan fingerprint density at radius 3 is 2.52 bits per heavy atom.